The van der Waals surface area contributed by atoms with Crippen LogP contribution >= 0.6 is 0 Å². The molecule has 1 aromatic rings. The average molecular weight is 385 g/mol. The number of benzene rings is 1. The zero-order valence-electron chi connectivity index (χ0n) is 15.9. The van der Waals surface area contributed by atoms with E-state index >= 15 is 0 Å². The SMILES string of the molecule is CC1(C)OB(c2cc(OC(F)(F)F)cc(C(=O)N3CCCC3)c2)OC1(C)C. The van der Waals surface area contributed by atoms with E-state index in [1.54, 1.807) is 4.90 Å². The number of rotatable bonds is 3. The first kappa shape index (κ1) is 20.0. The molecule has 27 heavy (non-hydrogen) atoms. The molecule has 2 aliphatic rings. The van der Waals surface area contributed by atoms with Gasteiger partial charge in [-0.2, -0.15) is 0 Å². The van der Waals surface area contributed by atoms with Gasteiger partial charge in [-0.25, -0.2) is 0 Å². The van der Waals surface area contributed by atoms with Gasteiger partial charge in [0.1, 0.15) is 5.75 Å². The van der Waals surface area contributed by atoms with Crippen molar-refractivity contribution in [1.29, 1.82) is 0 Å². The average Bonchev–Trinajstić information content (AvgIpc) is 3.11. The van der Waals surface area contributed by atoms with E-state index in [2.05, 4.69) is 4.74 Å². The highest BCUT2D eigenvalue weighted by Gasteiger charge is 2.52. The number of nitrogens with zero attached hydrogens (tertiary/aromatic N) is 1. The van der Waals surface area contributed by atoms with Gasteiger partial charge < -0.3 is 18.9 Å². The van der Waals surface area contributed by atoms with E-state index in [0.29, 0.717) is 18.6 Å². The second-order valence-electron chi connectivity index (χ2n) is 7.93. The van der Waals surface area contributed by atoms with Gasteiger partial charge >= 0.3 is 13.5 Å². The Hall–Kier alpha value is -1.74. The number of hydrogen-bond acceptors (Lipinski definition) is 4. The zero-order valence-corrected chi connectivity index (χ0v) is 15.9. The summed E-state index contributed by atoms with van der Waals surface area (Å²) in [5, 5.41) is 0. The molecule has 0 saturated carbocycles. The molecule has 5 nitrogen and oxygen atoms in total. The molecule has 0 atom stereocenters. The van der Waals surface area contributed by atoms with E-state index < -0.39 is 30.4 Å². The summed E-state index contributed by atoms with van der Waals surface area (Å²) in [5.41, 5.74) is -0.865. The third-order valence-electron chi connectivity index (χ3n) is 5.33. The van der Waals surface area contributed by atoms with Gasteiger partial charge in [0, 0.05) is 18.7 Å². The molecule has 0 radical (unpaired) electrons. The summed E-state index contributed by atoms with van der Waals surface area (Å²) in [5.74, 6) is -0.782. The maximum Gasteiger partial charge on any atom is 0.573 e. The first-order valence-corrected chi connectivity index (χ1v) is 8.94. The summed E-state index contributed by atoms with van der Waals surface area (Å²) in [6.07, 6.45) is -3.09. The Morgan fingerprint density at radius 3 is 2.15 bits per heavy atom. The third-order valence-corrected chi connectivity index (χ3v) is 5.33. The van der Waals surface area contributed by atoms with Crippen LogP contribution in [0.2, 0.25) is 0 Å². The predicted molar refractivity (Wildman–Crippen MR) is 94.0 cm³/mol. The van der Waals surface area contributed by atoms with Crippen molar-refractivity contribution >= 4 is 18.5 Å². The van der Waals surface area contributed by atoms with Crippen LogP contribution in [0.25, 0.3) is 0 Å². The highest BCUT2D eigenvalue weighted by atomic mass is 19.4. The second-order valence-corrected chi connectivity index (χ2v) is 7.93. The lowest BCUT2D eigenvalue weighted by Gasteiger charge is -2.32. The lowest BCUT2D eigenvalue weighted by molar-refractivity contribution is -0.274. The molecule has 0 aliphatic carbocycles. The van der Waals surface area contributed by atoms with Crippen LogP contribution in [0, 0.1) is 0 Å². The Morgan fingerprint density at radius 1 is 1.07 bits per heavy atom. The largest absolute Gasteiger partial charge is 0.573 e. The highest BCUT2D eigenvalue weighted by Crippen LogP contribution is 2.37. The molecule has 0 aromatic heterocycles. The minimum absolute atomic E-state index is 0.128. The van der Waals surface area contributed by atoms with Crippen LogP contribution in [0.5, 0.6) is 5.75 Å². The molecule has 1 aromatic carbocycles. The van der Waals surface area contributed by atoms with Crippen LogP contribution in [-0.4, -0.2) is 48.6 Å². The summed E-state index contributed by atoms with van der Waals surface area (Å²) in [7, 11) is -0.892. The maximum atomic E-state index is 12.8. The highest BCUT2D eigenvalue weighted by molar-refractivity contribution is 6.62. The topological polar surface area (TPSA) is 48.0 Å². The molecular formula is C18H23BF3NO4. The monoisotopic (exact) mass is 385 g/mol. The van der Waals surface area contributed by atoms with E-state index in [-0.39, 0.29) is 11.5 Å². The molecule has 2 heterocycles. The molecular weight excluding hydrogens is 362 g/mol. The number of halogens is 3. The van der Waals surface area contributed by atoms with Crippen molar-refractivity contribution in [3.8, 4) is 5.75 Å². The first-order chi connectivity index (χ1) is 12.4. The molecule has 0 unspecified atom stereocenters. The van der Waals surface area contributed by atoms with Crippen molar-refractivity contribution in [1.82, 2.24) is 4.90 Å². The van der Waals surface area contributed by atoms with Crippen molar-refractivity contribution in [3.05, 3.63) is 23.8 Å². The van der Waals surface area contributed by atoms with E-state index in [1.807, 2.05) is 27.7 Å². The van der Waals surface area contributed by atoms with E-state index in [4.69, 9.17) is 9.31 Å². The fourth-order valence-corrected chi connectivity index (χ4v) is 3.16. The first-order valence-electron chi connectivity index (χ1n) is 8.94. The summed E-state index contributed by atoms with van der Waals surface area (Å²) in [6, 6.07) is 3.84. The lowest BCUT2D eigenvalue weighted by Crippen LogP contribution is -2.41. The van der Waals surface area contributed by atoms with Crippen molar-refractivity contribution in [3.63, 3.8) is 0 Å². The molecule has 2 fully saturated rings. The van der Waals surface area contributed by atoms with Gasteiger partial charge in [0.05, 0.1) is 11.2 Å². The lowest BCUT2D eigenvalue weighted by atomic mass is 9.78. The predicted octanol–water partition coefficient (Wildman–Crippen LogP) is 3.12. The molecule has 9 heteroatoms. The van der Waals surface area contributed by atoms with E-state index in [1.165, 1.54) is 12.1 Å². The fourth-order valence-electron chi connectivity index (χ4n) is 3.16. The van der Waals surface area contributed by atoms with Crippen LogP contribution in [-0.2, 0) is 9.31 Å². The summed E-state index contributed by atoms with van der Waals surface area (Å²) in [4.78, 5) is 14.3. The minimum atomic E-state index is -4.86. The Morgan fingerprint density at radius 2 is 1.63 bits per heavy atom. The molecule has 148 valence electrons. The van der Waals surface area contributed by atoms with Crippen LogP contribution in [0.15, 0.2) is 18.2 Å². The minimum Gasteiger partial charge on any atom is -0.406 e. The van der Waals surface area contributed by atoms with Crippen molar-refractivity contribution in [2.24, 2.45) is 0 Å². The molecule has 2 aliphatic heterocycles. The molecule has 2 saturated heterocycles. The standard InChI is InChI=1S/C18H23BF3NO4/c1-16(2)17(3,4)27-19(26-16)13-9-12(15(24)23-7-5-6-8-23)10-14(11-13)25-18(20,21)22/h9-11H,5-8H2,1-4H3. The third kappa shape index (κ3) is 4.24. The fraction of sp³-hybridized carbons (Fsp3) is 0.611. The maximum absolute atomic E-state index is 12.8. The molecule has 1 amide bonds. The quantitative estimate of drug-likeness (QED) is 0.751. The number of ether oxygens (including phenoxy) is 1. The Labute approximate surface area is 156 Å². The van der Waals surface area contributed by atoms with Crippen LogP contribution < -0.4 is 10.2 Å². The Bertz CT molecular complexity index is 714. The summed E-state index contributed by atoms with van der Waals surface area (Å²) < 4.78 is 54.2. The number of likely N-dealkylation sites (tertiary alicyclic amines) is 1. The smallest absolute Gasteiger partial charge is 0.406 e. The van der Waals surface area contributed by atoms with E-state index in [0.717, 1.165) is 18.9 Å². The summed E-state index contributed by atoms with van der Waals surface area (Å²) >= 11 is 0. The van der Waals surface area contributed by atoms with Gasteiger partial charge in [0.2, 0.25) is 0 Å². The van der Waals surface area contributed by atoms with Gasteiger partial charge in [-0.15, -0.1) is 13.2 Å². The van der Waals surface area contributed by atoms with Crippen LogP contribution in [0.4, 0.5) is 13.2 Å². The van der Waals surface area contributed by atoms with Crippen molar-refractivity contribution < 1.29 is 32.0 Å². The Kier molecular flexibility index (Phi) is 4.97. The normalized spacial score (nSPS) is 21.6. The van der Waals surface area contributed by atoms with Gasteiger partial charge in [-0.3, -0.25) is 4.79 Å². The van der Waals surface area contributed by atoms with Crippen molar-refractivity contribution in [2.45, 2.75) is 58.1 Å². The second kappa shape index (κ2) is 6.70. The van der Waals surface area contributed by atoms with Crippen LogP contribution in [0.1, 0.15) is 50.9 Å². The van der Waals surface area contributed by atoms with Gasteiger partial charge in [0.15, 0.2) is 0 Å². The number of carbonyl (C=O) groups is 1. The summed E-state index contributed by atoms with van der Waals surface area (Å²) in [6.45, 7) is 8.57. The van der Waals surface area contributed by atoms with Gasteiger partial charge in [0.25, 0.3) is 5.91 Å². The molecule has 0 bridgehead atoms. The van der Waals surface area contributed by atoms with Crippen LogP contribution in [0.3, 0.4) is 0 Å². The van der Waals surface area contributed by atoms with Gasteiger partial charge in [-0.1, -0.05) is 0 Å². The number of carbonyl (C=O) groups excluding carboxylic acids is 1. The molecule has 3 rings (SSSR count). The van der Waals surface area contributed by atoms with Gasteiger partial charge in [-0.05, 0) is 64.2 Å². The number of amides is 1. The Balaban J connectivity index is 1.96. The van der Waals surface area contributed by atoms with Crippen molar-refractivity contribution in [2.75, 3.05) is 13.1 Å². The zero-order chi connectivity index (χ0) is 20.0. The molecule has 0 N–H and O–H groups in total. The molecule has 0 spiro atoms. The van der Waals surface area contributed by atoms with E-state index in [9.17, 15) is 18.0 Å². The number of alkyl halides is 3. The number of hydrogen-bond donors (Lipinski definition) is 0.